The van der Waals surface area contributed by atoms with E-state index in [2.05, 4.69) is 0 Å². The van der Waals surface area contributed by atoms with Crippen LogP contribution < -0.4 is 0 Å². The maximum Gasteiger partial charge on any atom is 0.187 e. The molecule has 25 nitrogen and oxygen atoms in total. The Morgan fingerprint density at radius 1 is 0.364 bits per heavy atom. The third kappa shape index (κ3) is 9.26. The molecule has 6 unspecified atom stereocenters. The van der Waals surface area contributed by atoms with E-state index in [4.69, 9.17) is 52.1 Å². The molecule has 6 rings (SSSR count). The van der Waals surface area contributed by atoms with Crippen LogP contribution in [-0.2, 0) is 52.1 Å². The number of hydrogen-bond donors (Lipinski definition) is 14. The van der Waals surface area contributed by atoms with E-state index in [1.807, 2.05) is 0 Å². The topological polar surface area (TPSA) is 385 Å². The van der Waals surface area contributed by atoms with Gasteiger partial charge in [-0.3, -0.25) is 0 Å². The van der Waals surface area contributed by atoms with E-state index in [1.54, 1.807) is 0 Å². The van der Waals surface area contributed by atoms with Gasteiger partial charge in [-0.2, -0.15) is 0 Å². The summed E-state index contributed by atoms with van der Waals surface area (Å²) >= 11 is 0. The minimum atomic E-state index is -1.84. The van der Waals surface area contributed by atoms with Gasteiger partial charge in [-0.25, -0.2) is 0 Å². The molecule has 320 valence electrons. The van der Waals surface area contributed by atoms with Crippen LogP contribution in [0.25, 0.3) is 0 Å². The van der Waals surface area contributed by atoms with E-state index < -0.39 is 181 Å². The molecule has 6 fully saturated rings. The second-order valence-electron chi connectivity index (χ2n) is 14.0. The highest BCUT2D eigenvalue weighted by atomic mass is 16.8. The van der Waals surface area contributed by atoms with Crippen molar-refractivity contribution in [1.29, 1.82) is 0 Å². The third-order valence-electron chi connectivity index (χ3n) is 10.2. The fraction of sp³-hybridized carbons (Fsp3) is 1.00. The molecule has 6 saturated heterocycles. The van der Waals surface area contributed by atoms with Gasteiger partial charge in [0.05, 0.1) is 39.6 Å². The molecule has 24 atom stereocenters. The zero-order chi connectivity index (χ0) is 39.9. The summed E-state index contributed by atoms with van der Waals surface area (Å²) in [5.74, 6) is 0. The predicted octanol–water partition coefficient (Wildman–Crippen LogP) is -10.3. The number of aliphatic hydroxyl groups excluding tert-OH is 14. The maximum absolute atomic E-state index is 10.9. The van der Waals surface area contributed by atoms with Gasteiger partial charge in [-0.1, -0.05) is 0 Å². The van der Waals surface area contributed by atoms with Crippen LogP contribution in [0.15, 0.2) is 0 Å². The highest BCUT2D eigenvalue weighted by molar-refractivity contribution is 4.94. The molecule has 0 amide bonds. The lowest BCUT2D eigenvalue weighted by molar-refractivity contribution is -0.364. The third-order valence-corrected chi connectivity index (χ3v) is 10.2. The van der Waals surface area contributed by atoms with Crippen molar-refractivity contribution in [3.8, 4) is 0 Å². The first kappa shape index (κ1) is 43.6. The van der Waals surface area contributed by atoms with Crippen molar-refractivity contribution in [1.82, 2.24) is 0 Å². The first-order valence-electron chi connectivity index (χ1n) is 17.6. The van der Waals surface area contributed by atoms with Crippen molar-refractivity contribution < 1.29 is 124 Å². The van der Waals surface area contributed by atoms with E-state index >= 15 is 0 Å². The lowest BCUT2D eigenvalue weighted by Gasteiger charge is -2.45. The van der Waals surface area contributed by atoms with Crippen LogP contribution in [0.1, 0.15) is 0 Å². The van der Waals surface area contributed by atoms with E-state index in [0.717, 1.165) is 0 Å². The molecule has 14 N–H and O–H groups in total. The Bertz CT molecular complexity index is 1210. The lowest BCUT2D eigenvalue weighted by Crippen LogP contribution is -2.63. The van der Waals surface area contributed by atoms with Gasteiger partial charge in [0, 0.05) is 0 Å². The Labute approximate surface area is 311 Å². The molecular formula is C30H50O25. The lowest BCUT2D eigenvalue weighted by atomic mass is 10.0. The number of aliphatic hydroxyl groups is 14. The molecule has 0 aromatic rings. The SMILES string of the molecule is OC[C@@H]1O[C@@H](O[C@@H]2C(O)[C@H](O[C@@H]3CO[C@H](O[C@@H]4CO[C@H](O[C@@H]5CO[C@@H](O[C@@H]6CO[C@@H](O)C(O)[C@H]6O)C(O)[C@H]5O)C(O)[C@H]4O)C(O)[C@H]3O)OC[C@H]2O)C(O)[C@@H]1O. The van der Waals surface area contributed by atoms with Crippen LogP contribution in [-0.4, -0.2) is 259 Å². The molecule has 0 bridgehead atoms. The first-order valence-corrected chi connectivity index (χ1v) is 17.6. The van der Waals surface area contributed by atoms with Gasteiger partial charge in [-0.05, 0) is 0 Å². The molecule has 0 aromatic heterocycles. The zero-order valence-corrected chi connectivity index (χ0v) is 28.9. The Kier molecular flexibility index (Phi) is 14.7. The van der Waals surface area contributed by atoms with Crippen LogP contribution in [0.5, 0.6) is 0 Å². The normalized spacial score (nSPS) is 54.0. The van der Waals surface area contributed by atoms with Gasteiger partial charge in [0.25, 0.3) is 0 Å². The number of ether oxygens (including phenoxy) is 11. The van der Waals surface area contributed by atoms with Gasteiger partial charge >= 0.3 is 0 Å². The number of hydrogen-bond acceptors (Lipinski definition) is 25. The minimum absolute atomic E-state index is 0.367. The second-order valence-corrected chi connectivity index (χ2v) is 14.0. The van der Waals surface area contributed by atoms with Crippen LogP contribution in [0.4, 0.5) is 0 Å². The van der Waals surface area contributed by atoms with E-state index in [-0.39, 0.29) is 6.61 Å². The monoisotopic (exact) mass is 810 g/mol. The molecular weight excluding hydrogens is 760 g/mol. The van der Waals surface area contributed by atoms with E-state index in [1.165, 1.54) is 0 Å². The Balaban J connectivity index is 0.956. The fourth-order valence-electron chi connectivity index (χ4n) is 6.80. The van der Waals surface area contributed by atoms with Crippen molar-refractivity contribution in [3.63, 3.8) is 0 Å². The van der Waals surface area contributed by atoms with Crippen molar-refractivity contribution in [2.24, 2.45) is 0 Å². The standard InChI is InChI=1S/C30H50O25/c31-1-8-13(33)22(42)30(50-8)55-24-7(32)2-46-29(23(24)43)54-12-6-49-28(21(41)17(12)37)53-11-5-48-27(20(40)16(11)36)52-10-4-47-26(19(39)15(10)35)51-9-3-45-25(44)18(38)14(9)34/h7-44H,1-6H2/t7-,8+,9-,10-,11-,12-,13-,14+,15+,16+,17+,18?,19?,20?,21?,22?,23?,24+,25-,26+,27-,28-,29+,30+/m1/s1. The van der Waals surface area contributed by atoms with Gasteiger partial charge in [0.2, 0.25) is 0 Å². The first-order chi connectivity index (χ1) is 26.1. The average Bonchev–Trinajstić information content (AvgIpc) is 3.44. The molecule has 0 saturated carbocycles. The summed E-state index contributed by atoms with van der Waals surface area (Å²) in [4.78, 5) is 0. The molecule has 6 heterocycles. The average molecular weight is 811 g/mol. The Hall–Kier alpha value is -1.00. The summed E-state index contributed by atoms with van der Waals surface area (Å²) in [6.45, 7) is -2.84. The fourth-order valence-corrected chi connectivity index (χ4v) is 6.80. The van der Waals surface area contributed by atoms with E-state index in [9.17, 15) is 71.5 Å². The predicted molar refractivity (Wildman–Crippen MR) is 163 cm³/mol. The van der Waals surface area contributed by atoms with Gasteiger partial charge < -0.3 is 124 Å². The Morgan fingerprint density at radius 3 is 1.15 bits per heavy atom. The highest BCUT2D eigenvalue weighted by Gasteiger charge is 2.52. The molecule has 25 heteroatoms. The second kappa shape index (κ2) is 18.5. The zero-order valence-electron chi connectivity index (χ0n) is 28.9. The van der Waals surface area contributed by atoms with Crippen molar-refractivity contribution in [2.45, 2.75) is 148 Å². The van der Waals surface area contributed by atoms with Crippen LogP contribution in [0.2, 0.25) is 0 Å². The summed E-state index contributed by atoms with van der Waals surface area (Å²) in [5.41, 5.74) is 0. The molecule has 0 spiro atoms. The van der Waals surface area contributed by atoms with Crippen LogP contribution in [0.3, 0.4) is 0 Å². The molecule has 6 aliphatic rings. The van der Waals surface area contributed by atoms with Crippen LogP contribution in [0, 0.1) is 0 Å². The summed E-state index contributed by atoms with van der Waals surface area (Å²) in [7, 11) is 0. The summed E-state index contributed by atoms with van der Waals surface area (Å²) in [6, 6.07) is 0. The van der Waals surface area contributed by atoms with Crippen LogP contribution >= 0.6 is 0 Å². The van der Waals surface area contributed by atoms with Crippen molar-refractivity contribution in [3.05, 3.63) is 0 Å². The minimum Gasteiger partial charge on any atom is -0.394 e. The van der Waals surface area contributed by atoms with Gasteiger partial charge in [0.15, 0.2) is 37.7 Å². The summed E-state index contributed by atoms with van der Waals surface area (Å²) in [6.07, 6.45) is -37.7. The maximum atomic E-state index is 10.9. The largest absolute Gasteiger partial charge is 0.394 e. The molecule has 0 aromatic carbocycles. The molecule has 55 heavy (non-hydrogen) atoms. The summed E-state index contributed by atoms with van der Waals surface area (Å²) in [5, 5.41) is 145. The quantitative estimate of drug-likeness (QED) is 0.0921. The smallest absolute Gasteiger partial charge is 0.187 e. The van der Waals surface area contributed by atoms with Gasteiger partial charge in [0.1, 0.15) is 110 Å². The van der Waals surface area contributed by atoms with E-state index in [0.29, 0.717) is 0 Å². The summed E-state index contributed by atoms with van der Waals surface area (Å²) < 4.78 is 59.6. The molecule has 6 aliphatic heterocycles. The molecule has 0 radical (unpaired) electrons. The Morgan fingerprint density at radius 2 is 0.727 bits per heavy atom. The van der Waals surface area contributed by atoms with Gasteiger partial charge in [-0.15, -0.1) is 0 Å². The van der Waals surface area contributed by atoms with Crippen molar-refractivity contribution in [2.75, 3.05) is 39.6 Å². The number of rotatable bonds is 11. The van der Waals surface area contributed by atoms with Crippen molar-refractivity contribution >= 4 is 0 Å². The highest BCUT2D eigenvalue weighted by Crippen LogP contribution is 2.32. The molecule has 0 aliphatic carbocycles.